The molecule has 20 heavy (non-hydrogen) atoms. The van der Waals surface area contributed by atoms with E-state index in [1.807, 2.05) is 6.07 Å². The van der Waals surface area contributed by atoms with Crippen molar-refractivity contribution in [1.29, 1.82) is 0 Å². The van der Waals surface area contributed by atoms with Gasteiger partial charge in [0.05, 0.1) is 5.75 Å². The van der Waals surface area contributed by atoms with Crippen LogP contribution in [0.2, 0.25) is 0 Å². The predicted molar refractivity (Wildman–Crippen MR) is 79.8 cm³/mol. The van der Waals surface area contributed by atoms with E-state index in [0.29, 0.717) is 11.6 Å². The summed E-state index contributed by atoms with van der Waals surface area (Å²) in [6, 6.07) is 8.25. The molecule has 3 N–H and O–H groups in total. The third-order valence-electron chi connectivity index (χ3n) is 2.66. The first-order chi connectivity index (χ1) is 9.71. The minimum Gasteiger partial charge on any atom is -0.308 e. The van der Waals surface area contributed by atoms with Gasteiger partial charge >= 0.3 is 0 Å². The Morgan fingerprint density at radius 3 is 2.65 bits per heavy atom. The van der Waals surface area contributed by atoms with Crippen LogP contribution in [0.1, 0.15) is 24.9 Å². The number of nitrogen functional groups attached to an aromatic ring is 1. The van der Waals surface area contributed by atoms with E-state index in [0.717, 1.165) is 29.3 Å². The van der Waals surface area contributed by atoms with Gasteiger partial charge in [-0.2, -0.15) is 0 Å². The summed E-state index contributed by atoms with van der Waals surface area (Å²) < 4.78 is 12.8. The maximum absolute atomic E-state index is 12.8. The maximum Gasteiger partial charge on any atom is 0.143 e. The first-order valence-electron chi connectivity index (χ1n) is 6.43. The highest BCUT2D eigenvalue weighted by Crippen LogP contribution is 2.22. The van der Waals surface area contributed by atoms with E-state index in [4.69, 9.17) is 5.84 Å². The van der Waals surface area contributed by atoms with E-state index < -0.39 is 0 Å². The molecule has 106 valence electrons. The molecule has 0 saturated carbocycles. The third kappa shape index (κ3) is 4.18. The first kappa shape index (κ1) is 14.7. The number of halogens is 1. The second-order valence-corrected chi connectivity index (χ2v) is 5.35. The quantitative estimate of drug-likeness (QED) is 0.486. The first-order valence-corrected chi connectivity index (χ1v) is 7.41. The Labute approximate surface area is 122 Å². The number of benzene rings is 1. The fourth-order valence-corrected chi connectivity index (χ4v) is 2.51. The second kappa shape index (κ2) is 7.21. The Balaban J connectivity index is 2.07. The molecule has 0 aliphatic heterocycles. The predicted octanol–water partition coefficient (Wildman–Crippen LogP) is 3.15. The van der Waals surface area contributed by atoms with Gasteiger partial charge in [-0.1, -0.05) is 13.3 Å². The number of nitrogens with one attached hydrogen (secondary N) is 1. The summed E-state index contributed by atoms with van der Waals surface area (Å²) in [7, 11) is 0. The molecule has 0 aliphatic carbocycles. The van der Waals surface area contributed by atoms with Crippen LogP contribution in [-0.2, 0) is 12.2 Å². The molecular weight excluding hydrogens is 275 g/mol. The van der Waals surface area contributed by atoms with Gasteiger partial charge in [-0.25, -0.2) is 20.2 Å². The molecule has 1 heterocycles. The number of hydrogen-bond acceptors (Lipinski definition) is 5. The summed E-state index contributed by atoms with van der Waals surface area (Å²) in [4.78, 5) is 9.81. The van der Waals surface area contributed by atoms with Crippen molar-refractivity contribution >= 4 is 17.6 Å². The molecule has 4 nitrogen and oxygen atoms in total. The summed E-state index contributed by atoms with van der Waals surface area (Å²) in [6.45, 7) is 2.10. The molecule has 0 aliphatic rings. The zero-order valence-corrected chi connectivity index (χ0v) is 12.1. The van der Waals surface area contributed by atoms with Gasteiger partial charge in [-0.3, -0.25) is 0 Å². The van der Waals surface area contributed by atoms with Crippen LogP contribution in [0.4, 0.5) is 10.2 Å². The number of hydrazine groups is 1. The van der Waals surface area contributed by atoms with Gasteiger partial charge in [-0.05, 0) is 30.7 Å². The van der Waals surface area contributed by atoms with Crippen LogP contribution < -0.4 is 11.3 Å². The van der Waals surface area contributed by atoms with Gasteiger partial charge in [0, 0.05) is 16.7 Å². The van der Waals surface area contributed by atoms with Crippen LogP contribution in [0.5, 0.6) is 0 Å². The molecule has 0 amide bonds. The number of hydrogen-bond donors (Lipinski definition) is 2. The molecule has 0 radical (unpaired) electrons. The fraction of sp³-hybridized carbons (Fsp3) is 0.286. The van der Waals surface area contributed by atoms with Crippen molar-refractivity contribution in [3.63, 3.8) is 0 Å². The average Bonchev–Trinajstić information content (AvgIpc) is 2.47. The number of anilines is 1. The van der Waals surface area contributed by atoms with Gasteiger partial charge in [0.1, 0.15) is 17.5 Å². The van der Waals surface area contributed by atoms with E-state index >= 15 is 0 Å². The average molecular weight is 292 g/mol. The Hall–Kier alpha value is -1.66. The van der Waals surface area contributed by atoms with Crippen LogP contribution in [-0.4, -0.2) is 9.97 Å². The van der Waals surface area contributed by atoms with E-state index in [2.05, 4.69) is 22.3 Å². The summed E-state index contributed by atoms with van der Waals surface area (Å²) in [5.74, 6) is 7.15. The van der Waals surface area contributed by atoms with Crippen molar-refractivity contribution in [1.82, 2.24) is 9.97 Å². The van der Waals surface area contributed by atoms with Gasteiger partial charge in [0.15, 0.2) is 0 Å². The summed E-state index contributed by atoms with van der Waals surface area (Å²) >= 11 is 1.57. The van der Waals surface area contributed by atoms with E-state index in [1.165, 1.54) is 12.1 Å². The van der Waals surface area contributed by atoms with Crippen molar-refractivity contribution in [2.75, 3.05) is 5.43 Å². The molecule has 0 bridgehead atoms. The number of nitrogens with zero attached hydrogens (tertiary/aromatic N) is 2. The Bertz CT molecular complexity index is 560. The standard InChI is InChI=1S/C14H17FN4S/c1-2-3-11-8-13(19-16)18-14(17-11)9-20-12-6-4-10(15)5-7-12/h4-8H,2-3,9,16H2,1H3,(H,17,18,19). The molecule has 0 spiro atoms. The highest BCUT2D eigenvalue weighted by atomic mass is 32.2. The van der Waals surface area contributed by atoms with Crippen LogP contribution in [0.25, 0.3) is 0 Å². The van der Waals surface area contributed by atoms with Crippen molar-refractivity contribution in [2.24, 2.45) is 5.84 Å². The van der Waals surface area contributed by atoms with Gasteiger partial charge < -0.3 is 5.43 Å². The topological polar surface area (TPSA) is 63.8 Å². The van der Waals surface area contributed by atoms with Gasteiger partial charge in [0.2, 0.25) is 0 Å². The Morgan fingerprint density at radius 1 is 1.25 bits per heavy atom. The van der Waals surface area contributed by atoms with Crippen LogP contribution in [0, 0.1) is 5.82 Å². The number of nitrogens with two attached hydrogens (primary N) is 1. The maximum atomic E-state index is 12.8. The summed E-state index contributed by atoms with van der Waals surface area (Å²) in [5, 5.41) is 0. The minimum absolute atomic E-state index is 0.231. The Morgan fingerprint density at radius 2 is 2.00 bits per heavy atom. The lowest BCUT2D eigenvalue weighted by Gasteiger charge is -2.07. The molecule has 6 heteroatoms. The SMILES string of the molecule is CCCc1cc(NN)nc(CSc2ccc(F)cc2)n1. The molecule has 0 fully saturated rings. The van der Waals surface area contributed by atoms with Crippen LogP contribution in [0.3, 0.4) is 0 Å². The number of thioether (sulfide) groups is 1. The number of aromatic nitrogens is 2. The molecule has 2 rings (SSSR count). The van der Waals surface area contributed by atoms with Crippen molar-refractivity contribution in [2.45, 2.75) is 30.4 Å². The fourth-order valence-electron chi connectivity index (χ4n) is 1.75. The summed E-state index contributed by atoms with van der Waals surface area (Å²) in [6.07, 6.45) is 1.91. The second-order valence-electron chi connectivity index (χ2n) is 4.30. The molecule has 1 aromatic heterocycles. The van der Waals surface area contributed by atoms with E-state index in [-0.39, 0.29) is 5.82 Å². The molecule has 0 atom stereocenters. The van der Waals surface area contributed by atoms with Crippen molar-refractivity contribution < 1.29 is 4.39 Å². The zero-order valence-electron chi connectivity index (χ0n) is 11.3. The highest BCUT2D eigenvalue weighted by molar-refractivity contribution is 7.98. The molecule has 2 aromatic rings. The third-order valence-corrected chi connectivity index (χ3v) is 3.67. The van der Waals surface area contributed by atoms with Gasteiger partial charge in [0.25, 0.3) is 0 Å². The molecule has 1 aromatic carbocycles. The minimum atomic E-state index is -0.231. The molecule has 0 unspecified atom stereocenters. The largest absolute Gasteiger partial charge is 0.308 e. The van der Waals surface area contributed by atoms with Crippen LogP contribution in [0.15, 0.2) is 35.2 Å². The van der Waals surface area contributed by atoms with Crippen LogP contribution >= 0.6 is 11.8 Å². The van der Waals surface area contributed by atoms with E-state index in [1.54, 1.807) is 23.9 Å². The normalized spacial score (nSPS) is 10.6. The number of aryl methyl sites for hydroxylation is 1. The monoisotopic (exact) mass is 292 g/mol. The lowest BCUT2D eigenvalue weighted by molar-refractivity contribution is 0.626. The Kier molecular flexibility index (Phi) is 5.31. The van der Waals surface area contributed by atoms with E-state index in [9.17, 15) is 4.39 Å². The smallest absolute Gasteiger partial charge is 0.143 e. The zero-order chi connectivity index (χ0) is 14.4. The summed E-state index contributed by atoms with van der Waals surface area (Å²) in [5.41, 5.74) is 3.54. The molecule has 0 saturated heterocycles. The molecular formula is C14H17FN4S. The highest BCUT2D eigenvalue weighted by Gasteiger charge is 2.05. The lowest BCUT2D eigenvalue weighted by atomic mass is 10.2. The lowest BCUT2D eigenvalue weighted by Crippen LogP contribution is -2.11. The van der Waals surface area contributed by atoms with Crippen molar-refractivity contribution in [3.8, 4) is 0 Å². The number of rotatable bonds is 6. The van der Waals surface area contributed by atoms with Crippen molar-refractivity contribution in [3.05, 3.63) is 47.7 Å². The van der Waals surface area contributed by atoms with Gasteiger partial charge in [-0.15, -0.1) is 11.8 Å².